The maximum absolute atomic E-state index is 13.7. The fourth-order valence-electron chi connectivity index (χ4n) is 2.59. The van der Waals surface area contributed by atoms with Crippen molar-refractivity contribution in [1.82, 2.24) is 15.0 Å². The van der Waals surface area contributed by atoms with Gasteiger partial charge in [-0.25, -0.2) is 14.4 Å². The van der Waals surface area contributed by atoms with Crippen molar-refractivity contribution in [3.8, 4) is 22.6 Å². The number of benzene rings is 2. The van der Waals surface area contributed by atoms with Gasteiger partial charge in [0.2, 0.25) is 5.95 Å². The minimum Gasteiger partial charge on any atom is -0.324 e. The number of hydrogen-bond acceptors (Lipinski definition) is 4. The highest BCUT2D eigenvalue weighted by atomic mass is 19.1. The van der Waals surface area contributed by atoms with Crippen LogP contribution in [0.5, 0.6) is 0 Å². The Morgan fingerprint density at radius 1 is 0.692 bits per heavy atom. The molecular formula is C21H15FN4. The van der Waals surface area contributed by atoms with Gasteiger partial charge < -0.3 is 5.32 Å². The number of anilines is 2. The Morgan fingerprint density at radius 3 is 2.27 bits per heavy atom. The van der Waals surface area contributed by atoms with Gasteiger partial charge in [0.25, 0.3) is 0 Å². The third-order valence-corrected chi connectivity index (χ3v) is 3.80. The highest BCUT2D eigenvalue weighted by Crippen LogP contribution is 2.25. The fraction of sp³-hybridized carbons (Fsp3) is 0. The standard InChI is InChI=1S/C21H15FN4/c22-16-8-6-7-15(13-16)19-14-20(18-11-4-5-12-23-18)26-21(25-19)24-17-9-2-1-3-10-17/h1-14H,(H,24,25,26). The van der Waals surface area contributed by atoms with Crippen LogP contribution in [-0.2, 0) is 0 Å². The Hall–Kier alpha value is -3.60. The number of aromatic nitrogens is 3. The lowest BCUT2D eigenvalue weighted by Crippen LogP contribution is -2.01. The molecule has 2 heterocycles. The fourth-order valence-corrected chi connectivity index (χ4v) is 2.59. The summed E-state index contributed by atoms with van der Waals surface area (Å²) < 4.78 is 13.7. The molecule has 0 amide bonds. The third kappa shape index (κ3) is 3.57. The number of pyridine rings is 1. The number of rotatable bonds is 4. The Balaban J connectivity index is 1.82. The van der Waals surface area contributed by atoms with Crippen molar-refractivity contribution in [3.63, 3.8) is 0 Å². The van der Waals surface area contributed by atoms with E-state index < -0.39 is 0 Å². The molecule has 4 aromatic rings. The molecule has 5 heteroatoms. The van der Waals surface area contributed by atoms with E-state index in [1.165, 1.54) is 12.1 Å². The van der Waals surface area contributed by atoms with Crippen molar-refractivity contribution < 1.29 is 4.39 Å². The van der Waals surface area contributed by atoms with Crippen LogP contribution in [0.3, 0.4) is 0 Å². The van der Waals surface area contributed by atoms with E-state index in [2.05, 4.69) is 20.3 Å². The Bertz CT molecular complexity index is 1020. The van der Waals surface area contributed by atoms with Gasteiger partial charge in [-0.1, -0.05) is 36.4 Å². The van der Waals surface area contributed by atoms with E-state index in [9.17, 15) is 4.39 Å². The van der Waals surface area contributed by atoms with Crippen LogP contribution in [0.25, 0.3) is 22.6 Å². The summed E-state index contributed by atoms with van der Waals surface area (Å²) in [5.74, 6) is 0.122. The van der Waals surface area contributed by atoms with E-state index in [1.54, 1.807) is 12.3 Å². The lowest BCUT2D eigenvalue weighted by atomic mass is 10.1. The van der Waals surface area contributed by atoms with Gasteiger partial charge in [-0.2, -0.15) is 0 Å². The van der Waals surface area contributed by atoms with Crippen LogP contribution in [0, 0.1) is 5.82 Å². The van der Waals surface area contributed by atoms with Crippen LogP contribution in [0.2, 0.25) is 0 Å². The zero-order valence-corrected chi connectivity index (χ0v) is 13.8. The highest BCUT2D eigenvalue weighted by molar-refractivity contribution is 5.69. The molecule has 0 saturated carbocycles. The van der Waals surface area contributed by atoms with Crippen LogP contribution < -0.4 is 5.32 Å². The second kappa shape index (κ2) is 7.11. The molecule has 0 bridgehead atoms. The van der Waals surface area contributed by atoms with E-state index in [4.69, 9.17) is 0 Å². The van der Waals surface area contributed by atoms with Gasteiger partial charge in [0.1, 0.15) is 5.82 Å². The molecule has 0 aliphatic heterocycles. The van der Waals surface area contributed by atoms with E-state index >= 15 is 0 Å². The molecule has 126 valence electrons. The van der Waals surface area contributed by atoms with Gasteiger partial charge in [0.15, 0.2) is 0 Å². The SMILES string of the molecule is Fc1cccc(-c2cc(-c3ccccn3)nc(Nc3ccccc3)n2)c1. The van der Waals surface area contributed by atoms with Crippen molar-refractivity contribution >= 4 is 11.6 Å². The van der Waals surface area contributed by atoms with E-state index in [0.29, 0.717) is 22.9 Å². The molecule has 26 heavy (non-hydrogen) atoms. The van der Waals surface area contributed by atoms with Gasteiger partial charge in [0, 0.05) is 17.4 Å². The van der Waals surface area contributed by atoms with Gasteiger partial charge in [-0.05, 0) is 42.5 Å². The van der Waals surface area contributed by atoms with Crippen molar-refractivity contribution in [3.05, 3.63) is 90.9 Å². The largest absolute Gasteiger partial charge is 0.324 e. The average molecular weight is 342 g/mol. The second-order valence-corrected chi connectivity index (χ2v) is 5.68. The number of nitrogens with zero attached hydrogens (tertiary/aromatic N) is 3. The van der Waals surface area contributed by atoms with Crippen LogP contribution in [-0.4, -0.2) is 15.0 Å². The average Bonchev–Trinajstić information content (AvgIpc) is 2.69. The summed E-state index contributed by atoms with van der Waals surface area (Å²) in [6, 6.07) is 23.4. The van der Waals surface area contributed by atoms with Crippen LogP contribution in [0.15, 0.2) is 85.1 Å². The highest BCUT2D eigenvalue weighted by Gasteiger charge is 2.10. The summed E-state index contributed by atoms with van der Waals surface area (Å²) in [6.45, 7) is 0. The summed E-state index contributed by atoms with van der Waals surface area (Å²) in [6.07, 6.45) is 1.71. The maximum Gasteiger partial charge on any atom is 0.228 e. The van der Waals surface area contributed by atoms with Gasteiger partial charge in [0.05, 0.1) is 17.1 Å². The number of para-hydroxylation sites is 1. The van der Waals surface area contributed by atoms with Crippen molar-refractivity contribution in [1.29, 1.82) is 0 Å². The molecule has 0 spiro atoms. The summed E-state index contributed by atoms with van der Waals surface area (Å²) >= 11 is 0. The maximum atomic E-state index is 13.7. The van der Waals surface area contributed by atoms with E-state index in [1.807, 2.05) is 60.7 Å². The molecule has 0 atom stereocenters. The normalized spacial score (nSPS) is 10.5. The molecule has 1 N–H and O–H groups in total. The van der Waals surface area contributed by atoms with Crippen molar-refractivity contribution in [2.45, 2.75) is 0 Å². The molecule has 2 aromatic carbocycles. The summed E-state index contributed by atoms with van der Waals surface area (Å²) in [4.78, 5) is 13.5. The number of halogens is 1. The van der Waals surface area contributed by atoms with Crippen molar-refractivity contribution in [2.24, 2.45) is 0 Å². The predicted octanol–water partition coefficient (Wildman–Crippen LogP) is 5.09. The first-order valence-corrected chi connectivity index (χ1v) is 8.16. The quantitative estimate of drug-likeness (QED) is 0.561. The lowest BCUT2D eigenvalue weighted by Gasteiger charge is -2.10. The molecule has 0 aliphatic rings. The predicted molar refractivity (Wildman–Crippen MR) is 100 cm³/mol. The van der Waals surface area contributed by atoms with Gasteiger partial charge >= 0.3 is 0 Å². The molecule has 0 aliphatic carbocycles. The smallest absolute Gasteiger partial charge is 0.228 e. The molecular weight excluding hydrogens is 327 g/mol. The lowest BCUT2D eigenvalue weighted by molar-refractivity contribution is 0.628. The third-order valence-electron chi connectivity index (χ3n) is 3.80. The first kappa shape index (κ1) is 15.9. The molecule has 0 unspecified atom stereocenters. The van der Waals surface area contributed by atoms with Crippen molar-refractivity contribution in [2.75, 3.05) is 5.32 Å². The Labute approximate surface area is 150 Å². The molecule has 4 nitrogen and oxygen atoms in total. The molecule has 0 saturated heterocycles. The molecule has 0 fully saturated rings. The van der Waals surface area contributed by atoms with Crippen LogP contribution in [0.1, 0.15) is 0 Å². The van der Waals surface area contributed by atoms with Crippen LogP contribution in [0.4, 0.5) is 16.0 Å². The molecule has 2 aromatic heterocycles. The zero-order valence-electron chi connectivity index (χ0n) is 13.8. The number of hydrogen-bond donors (Lipinski definition) is 1. The van der Waals surface area contributed by atoms with Gasteiger partial charge in [-0.3, -0.25) is 4.98 Å². The van der Waals surface area contributed by atoms with E-state index in [-0.39, 0.29) is 5.82 Å². The van der Waals surface area contributed by atoms with Crippen LogP contribution >= 0.6 is 0 Å². The summed E-state index contributed by atoms with van der Waals surface area (Å²) in [7, 11) is 0. The van der Waals surface area contributed by atoms with E-state index in [0.717, 1.165) is 11.4 Å². The summed E-state index contributed by atoms with van der Waals surface area (Å²) in [5.41, 5.74) is 3.57. The second-order valence-electron chi connectivity index (χ2n) is 5.68. The minimum atomic E-state index is -0.307. The monoisotopic (exact) mass is 342 g/mol. The molecule has 4 rings (SSSR count). The first-order chi connectivity index (χ1) is 12.8. The Morgan fingerprint density at radius 2 is 1.50 bits per heavy atom. The first-order valence-electron chi connectivity index (χ1n) is 8.16. The molecule has 0 radical (unpaired) electrons. The Kier molecular flexibility index (Phi) is 4.35. The zero-order chi connectivity index (χ0) is 17.8. The number of nitrogens with one attached hydrogen (secondary N) is 1. The van der Waals surface area contributed by atoms with Gasteiger partial charge in [-0.15, -0.1) is 0 Å². The topological polar surface area (TPSA) is 50.7 Å². The summed E-state index contributed by atoms with van der Waals surface area (Å²) in [5, 5.41) is 3.20. The minimum absolute atomic E-state index is 0.307.